The number of methoxy groups -OCH3 is 1. The van der Waals surface area contributed by atoms with Crippen molar-refractivity contribution in [3.8, 4) is 22.9 Å². The molecule has 4 heteroatoms. The first kappa shape index (κ1) is 11.6. The highest BCUT2D eigenvalue weighted by Gasteiger charge is 2.12. The van der Waals surface area contributed by atoms with Gasteiger partial charge in [0, 0.05) is 11.8 Å². The van der Waals surface area contributed by atoms with Crippen LogP contribution in [0.5, 0.6) is 11.6 Å². The fraction of sp³-hybridized carbons (Fsp3) is 0.133. The maximum absolute atomic E-state index is 10.3. The zero-order valence-corrected chi connectivity index (χ0v) is 10.8. The second kappa shape index (κ2) is 4.31. The molecule has 0 unspecified atom stereocenters. The number of aromatic hydroxyl groups is 1. The number of aryl methyl sites for hydroxylation is 1. The SMILES string of the molecule is COc1ccc(-c2nc3ccc(C)cn3c2O)cc1. The number of nitrogens with zero attached hydrogens (tertiary/aromatic N) is 2. The maximum Gasteiger partial charge on any atom is 0.224 e. The van der Waals surface area contributed by atoms with Gasteiger partial charge in [0.15, 0.2) is 0 Å². The Morgan fingerprint density at radius 2 is 1.84 bits per heavy atom. The summed E-state index contributed by atoms with van der Waals surface area (Å²) in [6.07, 6.45) is 1.87. The van der Waals surface area contributed by atoms with Crippen LogP contribution in [-0.2, 0) is 0 Å². The van der Waals surface area contributed by atoms with Gasteiger partial charge in [-0.3, -0.25) is 4.40 Å². The maximum atomic E-state index is 10.3. The van der Waals surface area contributed by atoms with E-state index in [2.05, 4.69) is 4.98 Å². The number of hydrogen-bond acceptors (Lipinski definition) is 3. The molecule has 0 aliphatic heterocycles. The average molecular weight is 254 g/mol. The van der Waals surface area contributed by atoms with E-state index in [0.29, 0.717) is 5.69 Å². The molecular weight excluding hydrogens is 240 g/mol. The molecule has 0 bridgehead atoms. The van der Waals surface area contributed by atoms with Crippen molar-refractivity contribution in [2.24, 2.45) is 0 Å². The molecule has 0 atom stereocenters. The quantitative estimate of drug-likeness (QED) is 0.764. The largest absolute Gasteiger partial charge is 0.497 e. The molecule has 0 aliphatic rings. The highest BCUT2D eigenvalue weighted by molar-refractivity contribution is 5.69. The number of aromatic nitrogens is 2. The molecule has 2 aromatic heterocycles. The summed E-state index contributed by atoms with van der Waals surface area (Å²) >= 11 is 0. The fourth-order valence-electron chi connectivity index (χ4n) is 2.08. The van der Waals surface area contributed by atoms with E-state index in [1.165, 1.54) is 0 Å². The minimum absolute atomic E-state index is 0.156. The molecule has 1 aromatic carbocycles. The van der Waals surface area contributed by atoms with E-state index in [0.717, 1.165) is 22.5 Å². The molecule has 0 spiro atoms. The van der Waals surface area contributed by atoms with Gasteiger partial charge in [-0.15, -0.1) is 0 Å². The smallest absolute Gasteiger partial charge is 0.224 e. The van der Waals surface area contributed by atoms with E-state index in [9.17, 15) is 5.11 Å². The molecule has 0 saturated carbocycles. The van der Waals surface area contributed by atoms with Crippen LogP contribution in [0, 0.1) is 6.92 Å². The van der Waals surface area contributed by atoms with Crippen LogP contribution in [0.2, 0.25) is 0 Å². The van der Waals surface area contributed by atoms with Crippen molar-refractivity contribution in [1.82, 2.24) is 9.38 Å². The molecular formula is C15H14N2O2. The molecule has 0 saturated heterocycles. The van der Waals surface area contributed by atoms with Crippen LogP contribution in [0.3, 0.4) is 0 Å². The standard InChI is InChI=1S/C15H14N2O2/c1-10-3-8-13-16-14(15(18)17(13)9-10)11-4-6-12(19-2)7-5-11/h3-9,18H,1-2H3. The van der Waals surface area contributed by atoms with Gasteiger partial charge in [0.2, 0.25) is 5.88 Å². The summed E-state index contributed by atoms with van der Waals surface area (Å²) in [5.74, 6) is 0.937. The minimum Gasteiger partial charge on any atom is -0.497 e. The van der Waals surface area contributed by atoms with Crippen molar-refractivity contribution >= 4 is 5.65 Å². The molecule has 1 N–H and O–H groups in total. The molecule has 0 aliphatic carbocycles. The average Bonchev–Trinajstić information content (AvgIpc) is 2.76. The number of fused-ring (bicyclic) bond motifs is 1. The summed E-state index contributed by atoms with van der Waals surface area (Å²) in [5.41, 5.74) is 3.24. The highest BCUT2D eigenvalue weighted by Crippen LogP contribution is 2.30. The Morgan fingerprint density at radius 3 is 2.53 bits per heavy atom. The van der Waals surface area contributed by atoms with Crippen molar-refractivity contribution in [1.29, 1.82) is 0 Å². The summed E-state index contributed by atoms with van der Waals surface area (Å²) in [6.45, 7) is 1.98. The molecule has 0 radical (unpaired) electrons. The third-order valence-corrected chi connectivity index (χ3v) is 3.10. The molecule has 4 nitrogen and oxygen atoms in total. The van der Waals surface area contributed by atoms with Gasteiger partial charge >= 0.3 is 0 Å². The van der Waals surface area contributed by atoms with Crippen LogP contribution < -0.4 is 4.74 Å². The van der Waals surface area contributed by atoms with Gasteiger partial charge in [0.05, 0.1) is 7.11 Å². The van der Waals surface area contributed by atoms with Crippen LogP contribution in [-0.4, -0.2) is 21.6 Å². The van der Waals surface area contributed by atoms with Gasteiger partial charge in [-0.2, -0.15) is 0 Å². The number of ether oxygens (including phenoxy) is 1. The van der Waals surface area contributed by atoms with Gasteiger partial charge in [0.1, 0.15) is 17.1 Å². The van der Waals surface area contributed by atoms with Gasteiger partial charge in [-0.05, 0) is 42.8 Å². The van der Waals surface area contributed by atoms with Crippen LogP contribution in [0.4, 0.5) is 0 Å². The lowest BCUT2D eigenvalue weighted by molar-refractivity contribution is 0.415. The monoisotopic (exact) mass is 254 g/mol. The van der Waals surface area contributed by atoms with E-state index in [1.807, 2.05) is 49.5 Å². The molecule has 96 valence electrons. The Hall–Kier alpha value is -2.49. The molecule has 2 heterocycles. The first-order valence-electron chi connectivity index (χ1n) is 6.01. The molecule has 0 fully saturated rings. The number of rotatable bonds is 2. The van der Waals surface area contributed by atoms with Crippen molar-refractivity contribution < 1.29 is 9.84 Å². The predicted molar refractivity (Wildman–Crippen MR) is 73.6 cm³/mol. The lowest BCUT2D eigenvalue weighted by atomic mass is 10.1. The van der Waals surface area contributed by atoms with E-state index in [-0.39, 0.29) is 5.88 Å². The number of benzene rings is 1. The normalized spacial score (nSPS) is 10.8. The van der Waals surface area contributed by atoms with E-state index in [1.54, 1.807) is 11.5 Å². The lowest BCUT2D eigenvalue weighted by Gasteiger charge is -2.01. The summed E-state index contributed by atoms with van der Waals surface area (Å²) in [6, 6.07) is 11.3. The number of pyridine rings is 1. The molecule has 0 amide bonds. The summed E-state index contributed by atoms with van der Waals surface area (Å²) in [4.78, 5) is 4.45. The summed E-state index contributed by atoms with van der Waals surface area (Å²) in [7, 11) is 1.63. The first-order valence-corrected chi connectivity index (χ1v) is 6.01. The Labute approximate surface area is 110 Å². The third kappa shape index (κ3) is 1.91. The Bertz CT molecular complexity index is 730. The highest BCUT2D eigenvalue weighted by atomic mass is 16.5. The van der Waals surface area contributed by atoms with Crippen molar-refractivity contribution in [2.75, 3.05) is 7.11 Å². The van der Waals surface area contributed by atoms with Crippen molar-refractivity contribution in [3.63, 3.8) is 0 Å². The molecule has 3 rings (SSSR count). The van der Waals surface area contributed by atoms with Gasteiger partial charge in [0.25, 0.3) is 0 Å². The van der Waals surface area contributed by atoms with Crippen LogP contribution in [0.15, 0.2) is 42.6 Å². The fourth-order valence-corrected chi connectivity index (χ4v) is 2.08. The minimum atomic E-state index is 0.156. The topological polar surface area (TPSA) is 46.8 Å². The number of hydrogen-bond donors (Lipinski definition) is 1. The molecule has 3 aromatic rings. The first-order chi connectivity index (χ1) is 9.19. The van der Waals surface area contributed by atoms with Crippen LogP contribution in [0.25, 0.3) is 16.9 Å². The Kier molecular flexibility index (Phi) is 2.63. The zero-order chi connectivity index (χ0) is 13.4. The van der Waals surface area contributed by atoms with Gasteiger partial charge in [-0.25, -0.2) is 4.98 Å². The van der Waals surface area contributed by atoms with Crippen LogP contribution >= 0.6 is 0 Å². The second-order valence-corrected chi connectivity index (χ2v) is 4.45. The summed E-state index contributed by atoms with van der Waals surface area (Å²) in [5, 5.41) is 10.3. The second-order valence-electron chi connectivity index (χ2n) is 4.45. The Morgan fingerprint density at radius 1 is 1.11 bits per heavy atom. The molecule has 19 heavy (non-hydrogen) atoms. The zero-order valence-electron chi connectivity index (χ0n) is 10.8. The summed E-state index contributed by atoms with van der Waals surface area (Å²) < 4.78 is 6.81. The Balaban J connectivity index is 2.16. The van der Waals surface area contributed by atoms with E-state index in [4.69, 9.17) is 4.74 Å². The lowest BCUT2D eigenvalue weighted by Crippen LogP contribution is -1.84. The van der Waals surface area contributed by atoms with Crippen molar-refractivity contribution in [3.05, 3.63) is 48.2 Å². The van der Waals surface area contributed by atoms with E-state index < -0.39 is 0 Å². The third-order valence-electron chi connectivity index (χ3n) is 3.10. The predicted octanol–water partition coefficient (Wildman–Crippen LogP) is 3.02. The van der Waals surface area contributed by atoms with E-state index >= 15 is 0 Å². The van der Waals surface area contributed by atoms with Gasteiger partial charge < -0.3 is 9.84 Å². The number of imidazole rings is 1. The van der Waals surface area contributed by atoms with Crippen LogP contribution in [0.1, 0.15) is 5.56 Å². The van der Waals surface area contributed by atoms with Gasteiger partial charge in [-0.1, -0.05) is 6.07 Å². The van der Waals surface area contributed by atoms with Crippen molar-refractivity contribution in [2.45, 2.75) is 6.92 Å².